The van der Waals surface area contributed by atoms with Gasteiger partial charge in [0.25, 0.3) is 0 Å². The molecule has 142 valence electrons. The van der Waals surface area contributed by atoms with E-state index < -0.39 is 5.97 Å². The largest absolute Gasteiger partial charge is 0.465 e. The summed E-state index contributed by atoms with van der Waals surface area (Å²) in [5, 5.41) is 3.78. The summed E-state index contributed by atoms with van der Waals surface area (Å²) >= 11 is 5.67. The first-order valence-corrected chi connectivity index (χ1v) is 8.81. The van der Waals surface area contributed by atoms with E-state index in [2.05, 4.69) is 5.16 Å². The summed E-state index contributed by atoms with van der Waals surface area (Å²) in [5.74, 6) is 1.09. The maximum Gasteiger partial charge on any atom is 0.311 e. The van der Waals surface area contributed by atoms with Crippen LogP contribution < -0.4 is 9.47 Å². The summed E-state index contributed by atoms with van der Waals surface area (Å²) in [4.78, 5) is 24.7. The first-order chi connectivity index (χ1) is 13.5. The Morgan fingerprint density at radius 1 is 1.32 bits per heavy atom. The van der Waals surface area contributed by atoms with Crippen LogP contribution in [0.2, 0.25) is 5.15 Å². The molecule has 0 atom stereocenters. The molecular formula is C20H14ClNO6. The molecule has 3 aromatic rings. The second-order valence-electron chi connectivity index (χ2n) is 6.16. The quantitative estimate of drug-likeness (QED) is 0.357. The van der Waals surface area contributed by atoms with Crippen LogP contribution in [0.4, 0.5) is 0 Å². The molecule has 3 heterocycles. The van der Waals surface area contributed by atoms with E-state index in [1.54, 1.807) is 31.2 Å². The summed E-state index contributed by atoms with van der Waals surface area (Å²) < 4.78 is 21.2. The average Bonchev–Trinajstić information content (AvgIpc) is 3.36. The molecule has 0 bridgehead atoms. The van der Waals surface area contributed by atoms with Gasteiger partial charge in [0.05, 0.1) is 18.2 Å². The van der Waals surface area contributed by atoms with Crippen LogP contribution in [0.25, 0.3) is 6.08 Å². The fraction of sp³-hybridized carbons (Fsp3) is 0.150. The number of carbonyl (C=O) groups is 2. The van der Waals surface area contributed by atoms with Gasteiger partial charge in [0.2, 0.25) is 5.78 Å². The number of carbonyl (C=O) groups excluding carboxylic acids is 2. The topological polar surface area (TPSA) is 91.8 Å². The molecule has 0 unspecified atom stereocenters. The predicted molar refractivity (Wildman–Crippen MR) is 98.3 cm³/mol. The molecule has 0 saturated heterocycles. The maximum absolute atomic E-state index is 12.6. The number of aryl methyl sites for hydroxylation is 2. The number of hydrogen-bond donors (Lipinski definition) is 0. The number of esters is 1. The lowest BCUT2D eigenvalue weighted by atomic mass is 10.0. The van der Waals surface area contributed by atoms with Crippen molar-refractivity contribution >= 4 is 29.4 Å². The molecule has 1 aliphatic heterocycles. The van der Waals surface area contributed by atoms with Gasteiger partial charge in [-0.1, -0.05) is 16.8 Å². The second-order valence-corrected chi connectivity index (χ2v) is 6.55. The molecule has 1 aromatic carbocycles. The van der Waals surface area contributed by atoms with E-state index in [0.717, 1.165) is 0 Å². The van der Waals surface area contributed by atoms with Gasteiger partial charge in [0, 0.05) is 24.6 Å². The number of halogens is 1. The minimum Gasteiger partial charge on any atom is -0.465 e. The average molecular weight is 400 g/mol. The number of fused-ring (bicyclic) bond motifs is 1. The number of hydrogen-bond acceptors (Lipinski definition) is 7. The van der Waals surface area contributed by atoms with Crippen molar-refractivity contribution in [2.45, 2.75) is 19.8 Å². The lowest BCUT2D eigenvalue weighted by Gasteiger charge is -2.07. The Labute approximate surface area is 164 Å². The number of aromatic nitrogens is 1. The third-order valence-electron chi connectivity index (χ3n) is 4.10. The van der Waals surface area contributed by atoms with E-state index in [1.807, 2.05) is 0 Å². The molecule has 7 nitrogen and oxygen atoms in total. The molecule has 0 aliphatic carbocycles. The molecule has 2 aromatic heterocycles. The molecule has 0 radical (unpaired) electrons. The van der Waals surface area contributed by atoms with Gasteiger partial charge >= 0.3 is 5.97 Å². The first-order valence-electron chi connectivity index (χ1n) is 8.44. The van der Waals surface area contributed by atoms with Gasteiger partial charge in [-0.15, -0.1) is 0 Å². The summed E-state index contributed by atoms with van der Waals surface area (Å²) in [6.07, 6.45) is 3.43. The molecule has 0 spiro atoms. The van der Waals surface area contributed by atoms with Crippen LogP contribution in [0.3, 0.4) is 0 Å². The smallest absolute Gasteiger partial charge is 0.311 e. The van der Waals surface area contributed by atoms with E-state index >= 15 is 0 Å². The Bertz CT molecular complexity index is 1080. The van der Waals surface area contributed by atoms with Crippen LogP contribution in [0.15, 0.2) is 51.3 Å². The van der Waals surface area contributed by atoms with Crippen LogP contribution in [0.5, 0.6) is 11.5 Å². The van der Waals surface area contributed by atoms with Crippen LogP contribution in [-0.4, -0.2) is 16.9 Å². The van der Waals surface area contributed by atoms with Gasteiger partial charge < -0.3 is 18.4 Å². The summed E-state index contributed by atoms with van der Waals surface area (Å²) in [6, 6.07) is 8.12. The zero-order valence-corrected chi connectivity index (χ0v) is 15.5. The highest BCUT2D eigenvalue weighted by molar-refractivity contribution is 6.29. The maximum atomic E-state index is 12.6. The number of Topliss-reactive ketones (excluding diaryl/α,β-unsaturated/α-hetero) is 1. The van der Waals surface area contributed by atoms with Crippen LogP contribution >= 0.6 is 11.6 Å². The van der Waals surface area contributed by atoms with Crippen molar-refractivity contribution in [3.63, 3.8) is 0 Å². The van der Waals surface area contributed by atoms with Gasteiger partial charge in [-0.2, -0.15) is 0 Å². The molecule has 28 heavy (non-hydrogen) atoms. The standard InChI is InChI=1S/C20H14ClNO6/c1-11-7-14(26-18(23)5-4-13-10-17(21)22-28-13)9-15-19(11)20(24)16(27-15)8-12-3-2-6-25-12/h2-3,6-10H,4-5H2,1H3/b16-8-. The Balaban J connectivity index is 1.47. The number of ketones is 1. The molecule has 0 N–H and O–H groups in total. The Morgan fingerprint density at radius 3 is 2.89 bits per heavy atom. The summed E-state index contributed by atoms with van der Waals surface area (Å²) in [7, 11) is 0. The molecule has 1 aliphatic rings. The molecule has 0 fully saturated rings. The van der Waals surface area contributed by atoms with Crippen molar-refractivity contribution in [1.29, 1.82) is 0 Å². The van der Waals surface area contributed by atoms with E-state index in [9.17, 15) is 9.59 Å². The highest BCUT2D eigenvalue weighted by Gasteiger charge is 2.30. The number of allylic oxidation sites excluding steroid dienone is 1. The predicted octanol–water partition coefficient (Wildman–Crippen LogP) is 4.38. The van der Waals surface area contributed by atoms with E-state index in [-0.39, 0.29) is 23.1 Å². The Hall–Kier alpha value is -3.32. The van der Waals surface area contributed by atoms with E-state index in [0.29, 0.717) is 40.6 Å². The van der Waals surface area contributed by atoms with Crippen molar-refractivity contribution in [1.82, 2.24) is 5.16 Å². The lowest BCUT2D eigenvalue weighted by molar-refractivity contribution is -0.134. The number of ether oxygens (including phenoxy) is 2. The SMILES string of the molecule is Cc1cc(OC(=O)CCc2cc(Cl)no2)cc2c1C(=O)/C(=C/c1ccco1)O2. The van der Waals surface area contributed by atoms with Gasteiger partial charge in [-0.25, -0.2) is 0 Å². The number of nitrogens with zero attached hydrogens (tertiary/aromatic N) is 1. The normalized spacial score (nSPS) is 14.2. The van der Waals surface area contributed by atoms with Crippen molar-refractivity contribution in [3.05, 3.63) is 70.2 Å². The van der Waals surface area contributed by atoms with E-state index in [4.69, 9.17) is 30.0 Å². The Kier molecular flexibility index (Phi) is 4.75. The first kappa shape index (κ1) is 18.1. The fourth-order valence-electron chi connectivity index (χ4n) is 2.85. The van der Waals surface area contributed by atoms with E-state index in [1.165, 1.54) is 18.4 Å². The number of furan rings is 1. The van der Waals surface area contributed by atoms with Gasteiger partial charge in [0.15, 0.2) is 10.9 Å². The van der Waals surface area contributed by atoms with Crippen molar-refractivity contribution in [2.75, 3.05) is 0 Å². The molecular weight excluding hydrogens is 386 g/mol. The van der Waals surface area contributed by atoms with Crippen molar-refractivity contribution in [3.8, 4) is 11.5 Å². The van der Waals surface area contributed by atoms with Crippen molar-refractivity contribution < 1.29 is 28.0 Å². The fourth-order valence-corrected chi connectivity index (χ4v) is 3.01. The highest BCUT2D eigenvalue weighted by Crippen LogP contribution is 2.37. The highest BCUT2D eigenvalue weighted by atomic mass is 35.5. The lowest BCUT2D eigenvalue weighted by Crippen LogP contribution is -2.09. The van der Waals surface area contributed by atoms with Crippen LogP contribution in [-0.2, 0) is 11.2 Å². The number of rotatable bonds is 5. The molecule has 0 saturated carbocycles. The second kappa shape index (κ2) is 7.36. The minimum atomic E-state index is -0.456. The van der Waals surface area contributed by atoms with Crippen LogP contribution in [0.1, 0.15) is 33.9 Å². The Morgan fingerprint density at radius 2 is 2.18 bits per heavy atom. The third-order valence-corrected chi connectivity index (χ3v) is 4.28. The zero-order chi connectivity index (χ0) is 19.7. The van der Waals surface area contributed by atoms with Gasteiger partial charge in [-0.05, 0) is 30.7 Å². The monoisotopic (exact) mass is 399 g/mol. The minimum absolute atomic E-state index is 0.0884. The molecule has 4 rings (SSSR count). The third kappa shape index (κ3) is 3.70. The summed E-state index contributed by atoms with van der Waals surface area (Å²) in [6.45, 7) is 1.75. The van der Waals surface area contributed by atoms with Gasteiger partial charge in [0.1, 0.15) is 23.0 Å². The molecule has 8 heteroatoms. The van der Waals surface area contributed by atoms with Crippen LogP contribution in [0, 0.1) is 6.92 Å². The van der Waals surface area contributed by atoms with Gasteiger partial charge in [-0.3, -0.25) is 9.59 Å². The van der Waals surface area contributed by atoms with Crippen molar-refractivity contribution in [2.24, 2.45) is 0 Å². The molecule has 0 amide bonds. The number of benzene rings is 1. The summed E-state index contributed by atoms with van der Waals surface area (Å²) in [5.41, 5.74) is 1.09. The zero-order valence-electron chi connectivity index (χ0n) is 14.7.